The van der Waals surface area contributed by atoms with E-state index < -0.39 is 5.56 Å². The number of benzene rings is 3. The molecule has 0 fully saturated rings. The number of methoxy groups -OCH3 is 1. The molecular formula is C23H20ClN3O2. The molecule has 0 bridgehead atoms. The third-order valence-corrected chi connectivity index (χ3v) is 5.33. The van der Waals surface area contributed by atoms with Gasteiger partial charge in [-0.15, -0.1) is 0 Å². The molecule has 5 nitrogen and oxygen atoms in total. The van der Waals surface area contributed by atoms with E-state index in [9.17, 15) is 4.79 Å². The SMILES string of the molecule is COc1cn(Cc2cccc3ccccc23)c(Nc2cccc(Cl)c2C)nc1=O. The maximum Gasteiger partial charge on any atom is 0.316 e. The number of fused-ring (bicyclic) bond motifs is 1. The molecule has 0 aliphatic rings. The van der Waals surface area contributed by atoms with Crippen molar-refractivity contribution in [1.82, 2.24) is 9.55 Å². The number of halogens is 1. The molecule has 0 saturated carbocycles. The second-order valence-electron chi connectivity index (χ2n) is 6.74. The summed E-state index contributed by atoms with van der Waals surface area (Å²) < 4.78 is 7.09. The van der Waals surface area contributed by atoms with Crippen molar-refractivity contribution in [1.29, 1.82) is 0 Å². The van der Waals surface area contributed by atoms with Crippen LogP contribution in [-0.2, 0) is 6.54 Å². The lowest BCUT2D eigenvalue weighted by atomic mass is 10.0. The minimum Gasteiger partial charge on any atom is -0.490 e. The summed E-state index contributed by atoms with van der Waals surface area (Å²) in [5.41, 5.74) is 2.36. The normalized spacial score (nSPS) is 10.9. The highest BCUT2D eigenvalue weighted by atomic mass is 35.5. The highest BCUT2D eigenvalue weighted by molar-refractivity contribution is 6.31. The zero-order valence-corrected chi connectivity index (χ0v) is 16.9. The lowest BCUT2D eigenvalue weighted by Gasteiger charge is -2.17. The molecule has 1 aromatic heterocycles. The van der Waals surface area contributed by atoms with E-state index in [0.717, 1.165) is 27.6 Å². The Hall–Kier alpha value is -3.31. The molecule has 0 saturated heterocycles. The van der Waals surface area contributed by atoms with E-state index in [1.54, 1.807) is 6.20 Å². The summed E-state index contributed by atoms with van der Waals surface area (Å²) in [6, 6.07) is 20.0. The Morgan fingerprint density at radius 1 is 1.07 bits per heavy atom. The molecule has 4 aromatic rings. The van der Waals surface area contributed by atoms with Crippen LogP contribution in [0.3, 0.4) is 0 Å². The number of nitrogens with zero attached hydrogens (tertiary/aromatic N) is 2. The molecule has 29 heavy (non-hydrogen) atoms. The van der Waals surface area contributed by atoms with E-state index in [4.69, 9.17) is 16.3 Å². The van der Waals surface area contributed by atoms with Gasteiger partial charge in [-0.2, -0.15) is 4.98 Å². The van der Waals surface area contributed by atoms with E-state index >= 15 is 0 Å². The van der Waals surface area contributed by atoms with Gasteiger partial charge in [0.25, 0.3) is 0 Å². The largest absolute Gasteiger partial charge is 0.490 e. The summed E-state index contributed by atoms with van der Waals surface area (Å²) in [5.74, 6) is 0.618. The van der Waals surface area contributed by atoms with Gasteiger partial charge in [-0.25, -0.2) is 0 Å². The molecule has 0 amide bonds. The van der Waals surface area contributed by atoms with Crippen LogP contribution in [0, 0.1) is 6.92 Å². The Morgan fingerprint density at radius 3 is 2.66 bits per heavy atom. The first-order valence-corrected chi connectivity index (χ1v) is 9.59. The Kier molecular flexibility index (Phi) is 5.23. The molecule has 146 valence electrons. The van der Waals surface area contributed by atoms with Crippen LogP contribution in [0.1, 0.15) is 11.1 Å². The summed E-state index contributed by atoms with van der Waals surface area (Å²) in [5, 5.41) is 6.21. The summed E-state index contributed by atoms with van der Waals surface area (Å²) in [6.07, 6.45) is 1.68. The monoisotopic (exact) mass is 405 g/mol. The number of aromatic nitrogens is 2. The van der Waals surface area contributed by atoms with E-state index in [2.05, 4.69) is 34.6 Å². The van der Waals surface area contributed by atoms with Crippen LogP contribution in [-0.4, -0.2) is 16.7 Å². The highest BCUT2D eigenvalue weighted by Crippen LogP contribution is 2.27. The van der Waals surface area contributed by atoms with Crippen LogP contribution in [0.2, 0.25) is 5.02 Å². The standard InChI is InChI=1S/C23H20ClN3O2/c1-15-19(24)11-6-12-20(15)25-23-26-22(28)21(29-2)14-27(23)13-17-9-5-8-16-7-3-4-10-18(16)17/h3-12,14H,13H2,1-2H3,(H,25,26,28). The molecule has 6 heteroatoms. The lowest BCUT2D eigenvalue weighted by molar-refractivity contribution is 0.402. The van der Waals surface area contributed by atoms with E-state index in [-0.39, 0.29) is 5.75 Å². The molecule has 0 aliphatic heterocycles. The number of anilines is 2. The Labute approximate surface area is 173 Å². The van der Waals surface area contributed by atoms with Crippen molar-refractivity contribution >= 4 is 34.0 Å². The van der Waals surface area contributed by atoms with Crippen LogP contribution in [0.25, 0.3) is 10.8 Å². The average Bonchev–Trinajstić information content (AvgIpc) is 2.73. The first kappa shape index (κ1) is 19.0. The molecule has 0 aliphatic carbocycles. The minimum atomic E-state index is -0.427. The van der Waals surface area contributed by atoms with Crippen molar-refractivity contribution in [2.24, 2.45) is 0 Å². The second kappa shape index (κ2) is 7.97. The third kappa shape index (κ3) is 3.82. The van der Waals surface area contributed by atoms with Gasteiger partial charge in [0.2, 0.25) is 11.7 Å². The van der Waals surface area contributed by atoms with Crippen molar-refractivity contribution in [2.45, 2.75) is 13.5 Å². The number of hydrogen-bond donors (Lipinski definition) is 1. The predicted octanol–water partition coefficient (Wildman–Crippen LogP) is 5.16. The maximum atomic E-state index is 12.3. The quantitative estimate of drug-likeness (QED) is 0.498. The minimum absolute atomic E-state index is 0.193. The number of rotatable bonds is 5. The van der Waals surface area contributed by atoms with Crippen LogP contribution >= 0.6 is 11.6 Å². The van der Waals surface area contributed by atoms with Crippen LogP contribution in [0.15, 0.2) is 71.7 Å². The first-order chi connectivity index (χ1) is 14.1. The third-order valence-electron chi connectivity index (χ3n) is 4.92. The van der Waals surface area contributed by atoms with E-state index in [1.165, 1.54) is 7.11 Å². The van der Waals surface area contributed by atoms with Crippen LogP contribution in [0.4, 0.5) is 11.6 Å². The zero-order chi connectivity index (χ0) is 20.4. The molecule has 0 unspecified atom stereocenters. The van der Waals surface area contributed by atoms with Gasteiger partial charge in [0.15, 0.2) is 0 Å². The van der Waals surface area contributed by atoms with Gasteiger partial charge in [0, 0.05) is 10.7 Å². The molecule has 1 N–H and O–H groups in total. The van der Waals surface area contributed by atoms with E-state index in [0.29, 0.717) is 17.5 Å². The van der Waals surface area contributed by atoms with Crippen LogP contribution in [0.5, 0.6) is 5.75 Å². The van der Waals surface area contributed by atoms with Gasteiger partial charge in [-0.3, -0.25) is 4.79 Å². The fourth-order valence-electron chi connectivity index (χ4n) is 3.31. The topological polar surface area (TPSA) is 56.1 Å². The molecule has 1 heterocycles. The van der Waals surface area contributed by atoms with Gasteiger partial charge in [0.1, 0.15) is 0 Å². The van der Waals surface area contributed by atoms with Crippen molar-refractivity contribution in [3.8, 4) is 5.75 Å². The number of nitrogens with one attached hydrogen (secondary N) is 1. The average molecular weight is 406 g/mol. The summed E-state index contributed by atoms with van der Waals surface area (Å²) in [6.45, 7) is 2.44. The van der Waals surface area contributed by atoms with Gasteiger partial charge in [-0.05, 0) is 41.0 Å². The lowest BCUT2D eigenvalue weighted by Crippen LogP contribution is -2.19. The fourth-order valence-corrected chi connectivity index (χ4v) is 3.49. The van der Waals surface area contributed by atoms with Gasteiger partial charge in [-0.1, -0.05) is 60.1 Å². The summed E-state index contributed by atoms with van der Waals surface area (Å²) in [4.78, 5) is 16.5. The van der Waals surface area contributed by atoms with Gasteiger partial charge in [0.05, 0.1) is 19.9 Å². The van der Waals surface area contributed by atoms with Crippen molar-refractivity contribution in [3.63, 3.8) is 0 Å². The Bertz CT molecular complexity index is 1250. The number of hydrogen-bond acceptors (Lipinski definition) is 4. The Morgan fingerprint density at radius 2 is 1.83 bits per heavy atom. The van der Waals surface area contributed by atoms with Gasteiger partial charge >= 0.3 is 5.56 Å². The zero-order valence-electron chi connectivity index (χ0n) is 16.1. The van der Waals surface area contributed by atoms with Crippen LogP contribution < -0.4 is 15.6 Å². The Balaban J connectivity index is 1.81. The molecule has 4 rings (SSSR count). The smallest absolute Gasteiger partial charge is 0.316 e. The maximum absolute atomic E-state index is 12.3. The second-order valence-corrected chi connectivity index (χ2v) is 7.15. The molecule has 0 atom stereocenters. The van der Waals surface area contributed by atoms with Crippen molar-refractivity contribution < 1.29 is 4.74 Å². The molecule has 3 aromatic carbocycles. The summed E-state index contributed by atoms with van der Waals surface area (Å²) >= 11 is 6.24. The van der Waals surface area contributed by atoms with Crippen molar-refractivity contribution in [2.75, 3.05) is 12.4 Å². The first-order valence-electron chi connectivity index (χ1n) is 9.21. The van der Waals surface area contributed by atoms with Gasteiger partial charge < -0.3 is 14.6 Å². The molecular weight excluding hydrogens is 386 g/mol. The summed E-state index contributed by atoms with van der Waals surface area (Å²) in [7, 11) is 1.47. The fraction of sp³-hybridized carbons (Fsp3) is 0.130. The van der Waals surface area contributed by atoms with E-state index in [1.807, 2.05) is 47.9 Å². The molecule has 0 radical (unpaired) electrons. The number of ether oxygens (including phenoxy) is 1. The predicted molar refractivity (Wildman–Crippen MR) is 118 cm³/mol. The van der Waals surface area contributed by atoms with Crippen molar-refractivity contribution in [3.05, 3.63) is 93.4 Å². The molecule has 0 spiro atoms. The highest BCUT2D eigenvalue weighted by Gasteiger charge is 2.12.